The fraction of sp³-hybridized carbons (Fsp3) is 0.786. The second-order valence-corrected chi connectivity index (χ2v) is 5.78. The first-order valence-corrected chi connectivity index (χ1v) is 8.54. The highest BCUT2D eigenvalue weighted by atomic mass is 31.1. The maximum Gasteiger partial charge on any atom is 0.408 e. The van der Waals surface area contributed by atoms with E-state index in [-0.39, 0.29) is 12.4 Å². The van der Waals surface area contributed by atoms with Crippen LogP contribution in [-0.2, 0) is 23.6 Å². The summed E-state index contributed by atoms with van der Waals surface area (Å²) in [7, 11) is -1.71. The summed E-state index contributed by atoms with van der Waals surface area (Å²) in [5.74, 6) is -0.282. The lowest BCUT2D eigenvalue weighted by atomic mass is 10.4. The third kappa shape index (κ3) is 6.60. The summed E-state index contributed by atoms with van der Waals surface area (Å²) in [6, 6.07) is 0. The van der Waals surface area contributed by atoms with Gasteiger partial charge >= 0.3 is 19.3 Å². The fourth-order valence-corrected chi connectivity index (χ4v) is 3.24. The summed E-state index contributed by atoms with van der Waals surface area (Å²) in [4.78, 5) is 11.2. The highest BCUT2D eigenvalue weighted by molar-refractivity contribution is 7.46. The number of carbonyl (C=O) groups excluding carboxylic acids is 1. The Labute approximate surface area is 122 Å². The molecule has 0 rings (SSSR count). The lowest BCUT2D eigenvalue weighted by Crippen LogP contribution is -2.32. The van der Waals surface area contributed by atoms with Crippen molar-refractivity contribution in [2.75, 3.05) is 26.0 Å². The third-order valence-electron chi connectivity index (χ3n) is 2.59. The summed E-state index contributed by atoms with van der Waals surface area (Å²) in [5, 5.41) is 0. The van der Waals surface area contributed by atoms with Gasteiger partial charge in [-0.3, -0.25) is 4.79 Å². The Morgan fingerprint density at radius 1 is 1.05 bits per heavy atom. The lowest BCUT2D eigenvalue weighted by Gasteiger charge is -2.21. The van der Waals surface area contributed by atoms with Crippen LogP contribution in [0.1, 0.15) is 40.5 Å². The minimum Gasteiger partial charge on any atom is -0.466 e. The molecule has 0 aromatic rings. The van der Waals surface area contributed by atoms with Crippen LogP contribution >= 0.6 is 7.80 Å². The molecule has 0 amide bonds. The van der Waals surface area contributed by atoms with Crippen LogP contribution in [-0.4, -0.2) is 37.5 Å². The molecule has 0 saturated carbocycles. The molecule has 116 valence electrons. The van der Waals surface area contributed by atoms with Crippen LogP contribution in [0.5, 0.6) is 0 Å². The van der Waals surface area contributed by atoms with Crippen LogP contribution in [0.4, 0.5) is 0 Å². The molecule has 20 heavy (non-hydrogen) atoms. The number of hydrogen-bond donors (Lipinski definition) is 0. The number of esters is 1. The van der Waals surface area contributed by atoms with E-state index in [0.29, 0.717) is 32.4 Å². The van der Waals surface area contributed by atoms with Gasteiger partial charge in [-0.05, 0) is 26.8 Å². The van der Waals surface area contributed by atoms with E-state index in [1.807, 2.05) is 20.8 Å². The maximum absolute atomic E-state index is 12.4. The zero-order chi connectivity index (χ0) is 15.4. The van der Waals surface area contributed by atoms with Crippen LogP contribution in [0.15, 0.2) is 12.2 Å². The van der Waals surface area contributed by atoms with Gasteiger partial charge in [-0.2, -0.15) is 0 Å². The second kappa shape index (κ2) is 11.0. The number of allylic oxidation sites excluding steroid dienone is 1. The standard InChI is InChI=1S/C14H26O5P/c1-5-14(18-7-3,19-8-4)20(16)12-10-9-11-13(15)17-6-2/h9-10H,5-8,11-12H2,1-4H3/q+1. The van der Waals surface area contributed by atoms with Crippen LogP contribution in [0.3, 0.4) is 0 Å². The van der Waals surface area contributed by atoms with Gasteiger partial charge < -0.3 is 14.2 Å². The van der Waals surface area contributed by atoms with E-state index in [9.17, 15) is 9.36 Å². The van der Waals surface area contributed by atoms with Crippen molar-refractivity contribution >= 4 is 13.8 Å². The van der Waals surface area contributed by atoms with Gasteiger partial charge in [-0.1, -0.05) is 17.6 Å². The molecule has 0 N–H and O–H groups in total. The lowest BCUT2D eigenvalue weighted by molar-refractivity contribution is -0.172. The van der Waals surface area contributed by atoms with Crippen molar-refractivity contribution in [1.82, 2.24) is 0 Å². The van der Waals surface area contributed by atoms with Crippen molar-refractivity contribution in [3.8, 4) is 0 Å². The minimum atomic E-state index is -1.71. The number of ether oxygens (including phenoxy) is 3. The minimum absolute atomic E-state index is 0.194. The Morgan fingerprint density at radius 2 is 1.65 bits per heavy atom. The molecular weight excluding hydrogens is 279 g/mol. The van der Waals surface area contributed by atoms with Crippen LogP contribution in [0.2, 0.25) is 0 Å². The van der Waals surface area contributed by atoms with E-state index < -0.39 is 13.3 Å². The summed E-state index contributed by atoms with van der Waals surface area (Å²) < 4.78 is 28.3. The van der Waals surface area contributed by atoms with Crippen molar-refractivity contribution in [3.05, 3.63) is 12.2 Å². The van der Waals surface area contributed by atoms with Gasteiger partial charge in [0.05, 0.1) is 26.2 Å². The third-order valence-corrected chi connectivity index (χ3v) is 4.47. The molecule has 1 atom stereocenters. The van der Waals surface area contributed by atoms with Crippen molar-refractivity contribution in [1.29, 1.82) is 0 Å². The van der Waals surface area contributed by atoms with E-state index >= 15 is 0 Å². The number of carbonyl (C=O) groups is 1. The van der Waals surface area contributed by atoms with Gasteiger partial charge in [0.15, 0.2) is 6.16 Å². The zero-order valence-electron chi connectivity index (χ0n) is 12.9. The Kier molecular flexibility index (Phi) is 10.5. The predicted molar refractivity (Wildman–Crippen MR) is 79.1 cm³/mol. The highest BCUT2D eigenvalue weighted by Gasteiger charge is 2.49. The van der Waals surface area contributed by atoms with Gasteiger partial charge in [0.2, 0.25) is 0 Å². The normalized spacial score (nSPS) is 12.7. The van der Waals surface area contributed by atoms with Crippen molar-refractivity contribution in [3.63, 3.8) is 0 Å². The molecule has 0 spiro atoms. The molecule has 0 aliphatic rings. The Hall–Kier alpha value is -0.770. The van der Waals surface area contributed by atoms with Gasteiger partial charge in [0.1, 0.15) is 0 Å². The quantitative estimate of drug-likeness (QED) is 0.253. The first-order chi connectivity index (χ1) is 9.56. The highest BCUT2D eigenvalue weighted by Crippen LogP contribution is 2.43. The van der Waals surface area contributed by atoms with Gasteiger partial charge in [0.25, 0.3) is 0 Å². The molecule has 0 saturated heterocycles. The van der Waals surface area contributed by atoms with Crippen LogP contribution in [0.25, 0.3) is 0 Å². The SMILES string of the molecule is CCOC(=O)CC=CC[P+](=O)C(CC)(OCC)OCC. The Morgan fingerprint density at radius 3 is 2.10 bits per heavy atom. The maximum atomic E-state index is 12.4. The summed E-state index contributed by atoms with van der Waals surface area (Å²) in [6.07, 6.45) is 4.43. The summed E-state index contributed by atoms with van der Waals surface area (Å²) in [5.41, 5.74) is -1.02. The molecule has 0 heterocycles. The second-order valence-electron chi connectivity index (χ2n) is 3.97. The van der Waals surface area contributed by atoms with E-state index in [1.165, 1.54) is 0 Å². The Balaban J connectivity index is 4.46. The molecule has 0 aromatic heterocycles. The van der Waals surface area contributed by atoms with Gasteiger partial charge in [-0.15, -0.1) is 0 Å². The first kappa shape index (κ1) is 19.2. The average Bonchev–Trinajstić information content (AvgIpc) is 2.43. The van der Waals surface area contributed by atoms with Crippen molar-refractivity contribution in [2.24, 2.45) is 0 Å². The smallest absolute Gasteiger partial charge is 0.408 e. The van der Waals surface area contributed by atoms with E-state index in [1.54, 1.807) is 19.1 Å². The molecule has 0 radical (unpaired) electrons. The number of hydrogen-bond acceptors (Lipinski definition) is 5. The molecule has 0 fully saturated rings. The monoisotopic (exact) mass is 305 g/mol. The Bertz CT molecular complexity index is 322. The predicted octanol–water partition coefficient (Wildman–Crippen LogP) is 3.46. The molecule has 0 aliphatic carbocycles. The molecular formula is C14H26O5P+. The topological polar surface area (TPSA) is 61.8 Å². The molecule has 1 unspecified atom stereocenters. The first-order valence-electron chi connectivity index (χ1n) is 7.09. The zero-order valence-corrected chi connectivity index (χ0v) is 13.8. The summed E-state index contributed by atoms with van der Waals surface area (Å²) in [6.45, 7) is 8.61. The largest absolute Gasteiger partial charge is 0.466 e. The molecule has 0 aromatic carbocycles. The van der Waals surface area contributed by atoms with Gasteiger partial charge in [-0.25, -0.2) is 0 Å². The fourth-order valence-electron chi connectivity index (χ4n) is 1.73. The molecule has 5 nitrogen and oxygen atoms in total. The molecule has 0 bridgehead atoms. The molecule has 0 aliphatic heterocycles. The number of rotatable bonds is 11. The van der Waals surface area contributed by atoms with Crippen LogP contribution in [0, 0.1) is 0 Å². The van der Waals surface area contributed by atoms with E-state index in [0.717, 1.165) is 0 Å². The summed E-state index contributed by atoms with van der Waals surface area (Å²) >= 11 is 0. The van der Waals surface area contributed by atoms with Gasteiger partial charge in [0, 0.05) is 6.42 Å². The van der Waals surface area contributed by atoms with E-state index in [2.05, 4.69) is 0 Å². The average molecular weight is 305 g/mol. The molecule has 6 heteroatoms. The van der Waals surface area contributed by atoms with Crippen molar-refractivity contribution < 1.29 is 23.6 Å². The van der Waals surface area contributed by atoms with E-state index in [4.69, 9.17) is 14.2 Å². The van der Waals surface area contributed by atoms with Crippen molar-refractivity contribution in [2.45, 2.75) is 46.1 Å². The van der Waals surface area contributed by atoms with Crippen LogP contribution < -0.4 is 0 Å².